The van der Waals surface area contributed by atoms with Crippen molar-refractivity contribution < 1.29 is 17.9 Å². The Bertz CT molecular complexity index is 996. The number of pyridine rings is 1. The minimum Gasteiger partial charge on any atom is -0.465 e. The third kappa shape index (κ3) is 3.98. The molecule has 0 bridgehead atoms. The highest BCUT2D eigenvalue weighted by Gasteiger charge is 2.24. The van der Waals surface area contributed by atoms with Crippen molar-refractivity contribution in [3.05, 3.63) is 53.1 Å². The van der Waals surface area contributed by atoms with Gasteiger partial charge in [-0.3, -0.25) is 9.67 Å². The van der Waals surface area contributed by atoms with E-state index in [1.54, 1.807) is 23.3 Å². The van der Waals surface area contributed by atoms with Gasteiger partial charge in [-0.2, -0.15) is 5.10 Å². The molecule has 0 unspecified atom stereocenters. The van der Waals surface area contributed by atoms with Crippen LogP contribution in [0.25, 0.3) is 11.3 Å². The predicted octanol–water partition coefficient (Wildman–Crippen LogP) is 1.77. The minimum atomic E-state index is -3.81. The molecule has 8 nitrogen and oxygen atoms in total. The van der Waals surface area contributed by atoms with Gasteiger partial charge in [0.15, 0.2) is 0 Å². The first-order chi connectivity index (χ1) is 12.5. The van der Waals surface area contributed by atoms with E-state index in [-0.39, 0.29) is 16.3 Å². The summed E-state index contributed by atoms with van der Waals surface area (Å²) < 4.78 is 33.5. The Morgan fingerprint density at radius 3 is 2.77 bits per heavy atom. The van der Waals surface area contributed by atoms with E-state index in [2.05, 4.69) is 19.5 Å². The molecule has 0 spiro atoms. The first-order valence-corrected chi connectivity index (χ1v) is 9.97. The van der Waals surface area contributed by atoms with E-state index in [0.29, 0.717) is 6.54 Å². The topological polar surface area (TPSA) is 103 Å². The van der Waals surface area contributed by atoms with Crippen molar-refractivity contribution in [2.75, 3.05) is 13.7 Å². The number of carbonyl (C=O) groups is 1. The summed E-state index contributed by atoms with van der Waals surface area (Å²) in [6.45, 7) is 0.484. The van der Waals surface area contributed by atoms with Crippen LogP contribution in [-0.2, 0) is 21.3 Å². The zero-order chi connectivity index (χ0) is 18.6. The number of nitrogens with zero attached hydrogens (tertiary/aromatic N) is 3. The van der Waals surface area contributed by atoms with Gasteiger partial charge in [-0.05, 0) is 29.6 Å². The molecule has 3 aromatic heterocycles. The molecule has 0 radical (unpaired) electrons. The lowest BCUT2D eigenvalue weighted by Crippen LogP contribution is -2.28. The van der Waals surface area contributed by atoms with Crippen LogP contribution in [0.4, 0.5) is 0 Å². The molecule has 3 rings (SSSR count). The molecule has 0 amide bonds. The molecule has 0 saturated heterocycles. The summed E-state index contributed by atoms with van der Waals surface area (Å²) in [5.41, 5.74) is 1.71. The third-order valence-electron chi connectivity index (χ3n) is 3.54. The maximum Gasteiger partial charge on any atom is 0.349 e. The maximum absolute atomic E-state index is 12.4. The van der Waals surface area contributed by atoms with Crippen LogP contribution in [0.15, 0.2) is 53.1 Å². The third-order valence-corrected chi connectivity index (χ3v) is 6.07. The summed E-state index contributed by atoms with van der Waals surface area (Å²) in [6.07, 6.45) is 5.14. The van der Waals surface area contributed by atoms with Crippen LogP contribution >= 0.6 is 11.3 Å². The van der Waals surface area contributed by atoms with Crippen molar-refractivity contribution >= 4 is 27.3 Å². The largest absolute Gasteiger partial charge is 0.465 e. The molecule has 0 fully saturated rings. The van der Waals surface area contributed by atoms with Gasteiger partial charge in [-0.1, -0.05) is 0 Å². The fraction of sp³-hybridized carbons (Fsp3) is 0.188. The quantitative estimate of drug-likeness (QED) is 0.615. The average molecular weight is 392 g/mol. The van der Waals surface area contributed by atoms with E-state index < -0.39 is 16.0 Å². The normalized spacial score (nSPS) is 11.4. The van der Waals surface area contributed by atoms with Gasteiger partial charge in [-0.15, -0.1) is 11.3 Å². The second-order valence-corrected chi connectivity index (χ2v) is 7.85. The van der Waals surface area contributed by atoms with E-state index in [1.807, 2.05) is 18.2 Å². The van der Waals surface area contributed by atoms with Crippen LogP contribution in [0.1, 0.15) is 9.67 Å². The Labute approximate surface area is 154 Å². The van der Waals surface area contributed by atoms with E-state index in [9.17, 15) is 13.2 Å². The van der Waals surface area contributed by atoms with Crippen LogP contribution < -0.4 is 4.72 Å². The molecule has 3 aromatic rings. The van der Waals surface area contributed by atoms with E-state index >= 15 is 0 Å². The monoisotopic (exact) mass is 392 g/mol. The van der Waals surface area contributed by atoms with Crippen molar-refractivity contribution in [3.8, 4) is 11.3 Å². The number of ether oxygens (including phenoxy) is 1. The molecule has 136 valence electrons. The summed E-state index contributed by atoms with van der Waals surface area (Å²) >= 11 is 1.02. The molecule has 0 aromatic carbocycles. The minimum absolute atomic E-state index is 0.0547. The van der Waals surface area contributed by atoms with Gasteiger partial charge >= 0.3 is 5.97 Å². The fourth-order valence-corrected chi connectivity index (χ4v) is 4.64. The molecule has 1 N–H and O–H groups in total. The molecule has 10 heteroatoms. The van der Waals surface area contributed by atoms with Gasteiger partial charge in [0.2, 0.25) is 10.0 Å². The van der Waals surface area contributed by atoms with E-state index in [0.717, 1.165) is 22.6 Å². The molecule has 0 aliphatic heterocycles. The van der Waals surface area contributed by atoms with Crippen molar-refractivity contribution in [3.63, 3.8) is 0 Å². The first-order valence-electron chi connectivity index (χ1n) is 7.60. The van der Waals surface area contributed by atoms with Gasteiger partial charge in [0.05, 0.1) is 19.3 Å². The predicted molar refractivity (Wildman–Crippen MR) is 96.3 cm³/mol. The Hall–Kier alpha value is -2.56. The molecular weight excluding hydrogens is 376 g/mol. The maximum atomic E-state index is 12.4. The summed E-state index contributed by atoms with van der Waals surface area (Å²) in [5, 5.41) is 5.94. The highest BCUT2D eigenvalue weighted by Crippen LogP contribution is 2.22. The molecular formula is C16H16N4O4S2. The van der Waals surface area contributed by atoms with Gasteiger partial charge in [-0.25, -0.2) is 17.9 Å². The fourth-order valence-electron chi connectivity index (χ4n) is 2.29. The molecule has 0 aliphatic carbocycles. The zero-order valence-corrected chi connectivity index (χ0v) is 15.5. The number of thiophene rings is 1. The second kappa shape index (κ2) is 7.77. The number of esters is 1. The Morgan fingerprint density at radius 1 is 1.27 bits per heavy atom. The lowest BCUT2D eigenvalue weighted by atomic mass is 10.2. The zero-order valence-electron chi connectivity index (χ0n) is 13.8. The molecule has 0 aliphatic rings. The summed E-state index contributed by atoms with van der Waals surface area (Å²) in [6, 6.07) is 6.92. The summed E-state index contributed by atoms with van der Waals surface area (Å²) in [5.74, 6) is -0.672. The summed E-state index contributed by atoms with van der Waals surface area (Å²) in [7, 11) is -2.60. The van der Waals surface area contributed by atoms with Crippen molar-refractivity contribution in [2.45, 2.75) is 11.4 Å². The number of methoxy groups -OCH3 is 1. The van der Waals surface area contributed by atoms with Gasteiger partial charge in [0.25, 0.3) is 0 Å². The number of hydrogen-bond donors (Lipinski definition) is 1. The Kier molecular flexibility index (Phi) is 5.45. The van der Waals surface area contributed by atoms with Crippen LogP contribution in [0.5, 0.6) is 0 Å². The Morgan fingerprint density at radius 2 is 2.04 bits per heavy atom. The van der Waals surface area contributed by atoms with Crippen LogP contribution in [0.3, 0.4) is 0 Å². The second-order valence-electron chi connectivity index (χ2n) is 5.20. The molecule has 3 heterocycles. The smallest absolute Gasteiger partial charge is 0.349 e. The van der Waals surface area contributed by atoms with Gasteiger partial charge in [0.1, 0.15) is 9.77 Å². The number of rotatable bonds is 7. The van der Waals surface area contributed by atoms with Crippen LogP contribution in [0, 0.1) is 0 Å². The van der Waals surface area contributed by atoms with Gasteiger partial charge in [0, 0.05) is 30.7 Å². The SMILES string of the molecule is COC(=O)c1sccc1S(=O)(=O)NCCn1ccc(-c2ccncc2)n1. The summed E-state index contributed by atoms with van der Waals surface area (Å²) in [4.78, 5) is 15.6. The number of aromatic nitrogens is 3. The van der Waals surface area contributed by atoms with Gasteiger partial charge < -0.3 is 4.74 Å². The average Bonchev–Trinajstić information content (AvgIpc) is 3.31. The number of hydrogen-bond acceptors (Lipinski definition) is 7. The van der Waals surface area contributed by atoms with Crippen molar-refractivity contribution in [1.29, 1.82) is 0 Å². The number of carbonyl (C=O) groups excluding carboxylic acids is 1. The molecule has 0 atom stereocenters. The highest BCUT2D eigenvalue weighted by atomic mass is 32.2. The van der Waals surface area contributed by atoms with Crippen LogP contribution in [-0.4, -0.2) is 42.8 Å². The lowest BCUT2D eigenvalue weighted by Gasteiger charge is -2.07. The number of sulfonamides is 1. The standard InChI is InChI=1S/C16H16N4O4S2/c1-24-16(21)15-14(5-11-25-15)26(22,23)18-8-10-20-9-4-13(19-20)12-2-6-17-7-3-12/h2-7,9,11,18H,8,10H2,1H3. The molecule has 26 heavy (non-hydrogen) atoms. The first kappa shape index (κ1) is 18.2. The van der Waals surface area contributed by atoms with E-state index in [4.69, 9.17) is 0 Å². The number of nitrogens with one attached hydrogen (secondary N) is 1. The van der Waals surface area contributed by atoms with Crippen molar-refractivity contribution in [2.24, 2.45) is 0 Å². The molecule has 0 saturated carbocycles. The van der Waals surface area contributed by atoms with Crippen molar-refractivity contribution in [1.82, 2.24) is 19.5 Å². The van der Waals surface area contributed by atoms with Crippen LogP contribution in [0.2, 0.25) is 0 Å². The van der Waals surface area contributed by atoms with E-state index in [1.165, 1.54) is 18.6 Å². The Balaban J connectivity index is 1.64. The lowest BCUT2D eigenvalue weighted by molar-refractivity contribution is 0.0602. The highest BCUT2D eigenvalue weighted by molar-refractivity contribution is 7.89.